The number of H-pyrrole nitrogens is 1. The minimum Gasteiger partial charge on any atom is -0.497 e. The second-order valence-corrected chi connectivity index (χ2v) is 5.71. The van der Waals surface area contributed by atoms with Gasteiger partial charge in [0.2, 0.25) is 0 Å². The summed E-state index contributed by atoms with van der Waals surface area (Å²) in [5, 5.41) is 1.43. The topological polar surface area (TPSA) is 50.8 Å². The fourth-order valence-electron chi connectivity index (χ4n) is 2.73. The van der Waals surface area contributed by atoms with Crippen molar-refractivity contribution in [2.45, 2.75) is 6.42 Å². The first-order valence-electron chi connectivity index (χ1n) is 7.30. The number of fused-ring (bicyclic) bond motifs is 3. The molecule has 4 aromatic rings. The summed E-state index contributed by atoms with van der Waals surface area (Å²) < 4.78 is 5.31. The van der Waals surface area contributed by atoms with Crippen LogP contribution in [-0.2, 0) is 6.42 Å². The van der Waals surface area contributed by atoms with Crippen LogP contribution in [0, 0.1) is 0 Å². The van der Waals surface area contributed by atoms with Gasteiger partial charge in [-0.3, -0.25) is 0 Å². The van der Waals surface area contributed by atoms with E-state index in [4.69, 9.17) is 21.3 Å². The highest BCUT2D eigenvalue weighted by molar-refractivity contribution is 6.34. The van der Waals surface area contributed by atoms with Crippen LogP contribution in [0.5, 0.6) is 5.75 Å². The molecule has 0 bridgehead atoms. The number of methoxy groups -OCH3 is 1. The number of rotatable bonds is 3. The molecular weight excluding hydrogens is 310 g/mol. The van der Waals surface area contributed by atoms with Gasteiger partial charge < -0.3 is 9.72 Å². The molecular formula is C18H14ClN3O. The minimum atomic E-state index is 0.441. The number of benzene rings is 2. The van der Waals surface area contributed by atoms with E-state index in [9.17, 15) is 0 Å². The van der Waals surface area contributed by atoms with Crippen molar-refractivity contribution >= 4 is 33.5 Å². The fourth-order valence-corrected chi connectivity index (χ4v) is 2.96. The Bertz CT molecular complexity index is 995. The van der Waals surface area contributed by atoms with E-state index in [1.54, 1.807) is 7.11 Å². The number of hydrogen-bond acceptors (Lipinski definition) is 3. The van der Waals surface area contributed by atoms with Crippen LogP contribution in [0.4, 0.5) is 0 Å². The van der Waals surface area contributed by atoms with Crippen LogP contribution in [0.2, 0.25) is 5.15 Å². The normalized spacial score (nSPS) is 11.2. The van der Waals surface area contributed by atoms with Crippen molar-refractivity contribution in [2.24, 2.45) is 0 Å². The monoisotopic (exact) mass is 323 g/mol. The first-order chi connectivity index (χ1) is 11.2. The van der Waals surface area contributed by atoms with Crippen LogP contribution in [0.1, 0.15) is 11.4 Å². The van der Waals surface area contributed by atoms with E-state index < -0.39 is 0 Å². The van der Waals surface area contributed by atoms with Gasteiger partial charge in [-0.1, -0.05) is 41.9 Å². The van der Waals surface area contributed by atoms with E-state index in [1.807, 2.05) is 36.4 Å². The molecule has 4 nitrogen and oxygen atoms in total. The Labute approximate surface area is 138 Å². The Morgan fingerprint density at radius 1 is 1.09 bits per heavy atom. The van der Waals surface area contributed by atoms with Gasteiger partial charge in [0.25, 0.3) is 0 Å². The predicted molar refractivity (Wildman–Crippen MR) is 92.2 cm³/mol. The van der Waals surface area contributed by atoms with Crippen molar-refractivity contribution in [2.75, 3.05) is 7.11 Å². The highest BCUT2D eigenvalue weighted by atomic mass is 35.5. The molecule has 23 heavy (non-hydrogen) atoms. The maximum absolute atomic E-state index is 6.36. The molecule has 2 aromatic carbocycles. The number of nitrogens with zero attached hydrogens (tertiary/aromatic N) is 2. The van der Waals surface area contributed by atoms with Gasteiger partial charge in [-0.25, -0.2) is 9.97 Å². The van der Waals surface area contributed by atoms with Crippen LogP contribution in [-0.4, -0.2) is 22.1 Å². The van der Waals surface area contributed by atoms with Gasteiger partial charge in [0.15, 0.2) is 5.15 Å². The Morgan fingerprint density at radius 2 is 1.91 bits per heavy atom. The maximum atomic E-state index is 6.36. The van der Waals surface area contributed by atoms with Gasteiger partial charge in [0, 0.05) is 17.3 Å². The molecule has 0 atom stereocenters. The van der Waals surface area contributed by atoms with Crippen LogP contribution in [0.3, 0.4) is 0 Å². The molecule has 0 aliphatic heterocycles. The number of ether oxygens (including phenoxy) is 1. The summed E-state index contributed by atoms with van der Waals surface area (Å²) in [6.45, 7) is 0. The smallest absolute Gasteiger partial charge is 0.156 e. The van der Waals surface area contributed by atoms with Gasteiger partial charge in [-0.2, -0.15) is 0 Å². The van der Waals surface area contributed by atoms with E-state index >= 15 is 0 Å². The van der Waals surface area contributed by atoms with E-state index in [-0.39, 0.29) is 0 Å². The minimum absolute atomic E-state index is 0.441. The second kappa shape index (κ2) is 5.56. The zero-order chi connectivity index (χ0) is 15.8. The lowest BCUT2D eigenvalue weighted by atomic mass is 10.1. The van der Waals surface area contributed by atoms with Crippen LogP contribution >= 0.6 is 11.6 Å². The fraction of sp³-hybridized carbons (Fsp3) is 0.111. The van der Waals surface area contributed by atoms with Crippen molar-refractivity contribution in [3.63, 3.8) is 0 Å². The first-order valence-corrected chi connectivity index (χ1v) is 7.68. The van der Waals surface area contributed by atoms with E-state index in [0.29, 0.717) is 17.4 Å². The molecule has 0 radical (unpaired) electrons. The van der Waals surface area contributed by atoms with Crippen molar-refractivity contribution in [1.29, 1.82) is 0 Å². The van der Waals surface area contributed by atoms with Crippen molar-refractivity contribution in [1.82, 2.24) is 15.0 Å². The zero-order valence-corrected chi connectivity index (χ0v) is 13.3. The van der Waals surface area contributed by atoms with Crippen LogP contribution in [0.25, 0.3) is 21.9 Å². The lowest BCUT2D eigenvalue weighted by Gasteiger charge is -2.02. The van der Waals surface area contributed by atoms with Crippen molar-refractivity contribution in [3.8, 4) is 5.75 Å². The molecule has 2 aromatic heterocycles. The van der Waals surface area contributed by atoms with Gasteiger partial charge in [-0.05, 0) is 23.8 Å². The van der Waals surface area contributed by atoms with Gasteiger partial charge in [0.05, 0.1) is 7.11 Å². The Kier molecular flexibility index (Phi) is 3.39. The molecule has 0 fully saturated rings. The number of nitrogens with one attached hydrogen (secondary N) is 1. The standard InChI is InChI=1S/C18H14ClN3O/c1-23-12-7-8-14-13(10-12)16-17(20-14)18(19)22-15(21-16)9-11-5-3-2-4-6-11/h2-8,10,20H,9H2,1H3. The third-order valence-electron chi connectivity index (χ3n) is 3.86. The highest BCUT2D eigenvalue weighted by Gasteiger charge is 2.13. The van der Waals surface area contributed by atoms with Crippen molar-refractivity contribution < 1.29 is 4.74 Å². The molecule has 1 N–H and O–H groups in total. The molecule has 0 amide bonds. The molecule has 0 aliphatic carbocycles. The SMILES string of the molecule is COc1ccc2[nH]c3c(Cl)nc(Cc4ccccc4)nc3c2c1. The summed E-state index contributed by atoms with van der Waals surface area (Å²) in [5.41, 5.74) is 3.70. The van der Waals surface area contributed by atoms with E-state index in [1.165, 1.54) is 0 Å². The quantitative estimate of drug-likeness (QED) is 0.570. The second-order valence-electron chi connectivity index (χ2n) is 5.35. The van der Waals surface area contributed by atoms with E-state index in [2.05, 4.69) is 22.1 Å². The predicted octanol–water partition coefficient (Wildman–Crippen LogP) is 4.36. The summed E-state index contributed by atoms with van der Waals surface area (Å²) in [4.78, 5) is 12.4. The molecule has 0 saturated carbocycles. The lowest BCUT2D eigenvalue weighted by Crippen LogP contribution is -1.97. The number of aromatic amines is 1. The Morgan fingerprint density at radius 3 is 2.70 bits per heavy atom. The number of aromatic nitrogens is 3. The zero-order valence-electron chi connectivity index (χ0n) is 12.5. The summed E-state index contributed by atoms with van der Waals surface area (Å²) >= 11 is 6.36. The Hall–Kier alpha value is -2.59. The molecule has 0 saturated heterocycles. The average Bonchev–Trinajstić information content (AvgIpc) is 2.94. The highest BCUT2D eigenvalue weighted by Crippen LogP contribution is 2.30. The molecule has 0 unspecified atom stereocenters. The summed E-state index contributed by atoms with van der Waals surface area (Å²) in [5.74, 6) is 1.50. The summed E-state index contributed by atoms with van der Waals surface area (Å²) in [7, 11) is 1.65. The maximum Gasteiger partial charge on any atom is 0.156 e. The molecule has 0 spiro atoms. The number of hydrogen-bond donors (Lipinski definition) is 1. The largest absolute Gasteiger partial charge is 0.497 e. The summed E-state index contributed by atoms with van der Waals surface area (Å²) in [6.07, 6.45) is 0.646. The Balaban J connectivity index is 1.89. The van der Waals surface area contributed by atoms with Gasteiger partial charge in [-0.15, -0.1) is 0 Å². The van der Waals surface area contributed by atoms with Crippen LogP contribution in [0.15, 0.2) is 48.5 Å². The first kappa shape index (κ1) is 14.0. The molecule has 5 heteroatoms. The molecule has 114 valence electrons. The van der Waals surface area contributed by atoms with Gasteiger partial charge >= 0.3 is 0 Å². The molecule has 2 heterocycles. The lowest BCUT2D eigenvalue weighted by molar-refractivity contribution is 0.415. The molecule has 4 rings (SSSR count). The van der Waals surface area contributed by atoms with Crippen LogP contribution < -0.4 is 4.74 Å². The summed E-state index contributed by atoms with van der Waals surface area (Å²) in [6, 6.07) is 15.9. The van der Waals surface area contributed by atoms with Gasteiger partial charge in [0.1, 0.15) is 22.6 Å². The average molecular weight is 324 g/mol. The molecule has 0 aliphatic rings. The third-order valence-corrected chi connectivity index (χ3v) is 4.13. The van der Waals surface area contributed by atoms with E-state index in [0.717, 1.165) is 33.2 Å². The van der Waals surface area contributed by atoms with Crippen molar-refractivity contribution in [3.05, 3.63) is 65.1 Å². The number of halogens is 1. The third kappa shape index (κ3) is 2.51.